The van der Waals surface area contributed by atoms with Crippen LogP contribution in [0.4, 0.5) is 0 Å². The van der Waals surface area contributed by atoms with Crippen LogP contribution >= 0.6 is 0 Å². The van der Waals surface area contributed by atoms with Gasteiger partial charge in [-0.05, 0) is 42.9 Å². The third-order valence-electron chi connectivity index (χ3n) is 3.65. The van der Waals surface area contributed by atoms with E-state index in [4.69, 9.17) is 0 Å². The minimum atomic E-state index is -3.08. The van der Waals surface area contributed by atoms with Gasteiger partial charge in [0, 0.05) is 6.26 Å². The highest BCUT2D eigenvalue weighted by Gasteiger charge is 2.14. The molecule has 3 heteroatoms. The standard InChI is InChI=1S/C15H20O2S/c1-12-5-3-4-6-14(12)11-13-7-9-15(10-8-13)18(2,16)17/h7-12H,3-6H2,1-2H3/b14-11+. The maximum absolute atomic E-state index is 11.4. The fraction of sp³-hybridized carbons (Fsp3) is 0.467. The largest absolute Gasteiger partial charge is 0.224 e. The molecule has 2 nitrogen and oxygen atoms in total. The zero-order valence-electron chi connectivity index (χ0n) is 11.0. The summed E-state index contributed by atoms with van der Waals surface area (Å²) in [5.41, 5.74) is 2.60. The van der Waals surface area contributed by atoms with Crippen molar-refractivity contribution in [2.75, 3.05) is 6.26 Å². The molecular formula is C15H20O2S. The van der Waals surface area contributed by atoms with Crippen molar-refractivity contribution in [2.24, 2.45) is 5.92 Å². The van der Waals surface area contributed by atoms with E-state index in [9.17, 15) is 8.42 Å². The molecule has 0 aromatic heterocycles. The van der Waals surface area contributed by atoms with Gasteiger partial charge in [-0.25, -0.2) is 8.42 Å². The second kappa shape index (κ2) is 5.27. The quantitative estimate of drug-likeness (QED) is 0.816. The van der Waals surface area contributed by atoms with Gasteiger partial charge in [-0.2, -0.15) is 0 Å². The van der Waals surface area contributed by atoms with Crippen molar-refractivity contribution in [3.63, 3.8) is 0 Å². The average Bonchev–Trinajstić information content (AvgIpc) is 2.32. The smallest absolute Gasteiger partial charge is 0.175 e. The molecule has 0 heterocycles. The number of rotatable bonds is 2. The van der Waals surface area contributed by atoms with Gasteiger partial charge in [0.15, 0.2) is 9.84 Å². The van der Waals surface area contributed by atoms with Crippen LogP contribution in [0.3, 0.4) is 0 Å². The lowest BCUT2D eigenvalue weighted by Crippen LogP contribution is -2.05. The van der Waals surface area contributed by atoms with E-state index in [0.29, 0.717) is 10.8 Å². The zero-order chi connectivity index (χ0) is 13.2. The molecule has 1 aromatic rings. The molecule has 1 atom stereocenters. The van der Waals surface area contributed by atoms with Gasteiger partial charge in [0.2, 0.25) is 0 Å². The van der Waals surface area contributed by atoms with Crippen molar-refractivity contribution in [2.45, 2.75) is 37.5 Å². The molecule has 1 aliphatic carbocycles. The zero-order valence-corrected chi connectivity index (χ0v) is 11.8. The molecular weight excluding hydrogens is 244 g/mol. The number of sulfone groups is 1. The topological polar surface area (TPSA) is 34.1 Å². The van der Waals surface area contributed by atoms with Crippen LogP contribution in [0.15, 0.2) is 34.7 Å². The van der Waals surface area contributed by atoms with E-state index < -0.39 is 9.84 Å². The SMILES string of the molecule is CC1CCCC/C1=C\c1ccc(S(C)(=O)=O)cc1. The van der Waals surface area contributed by atoms with Crippen LogP contribution in [0.5, 0.6) is 0 Å². The third-order valence-corrected chi connectivity index (χ3v) is 4.77. The summed E-state index contributed by atoms with van der Waals surface area (Å²) in [6.45, 7) is 2.27. The third kappa shape index (κ3) is 3.22. The van der Waals surface area contributed by atoms with E-state index in [1.54, 1.807) is 12.1 Å². The van der Waals surface area contributed by atoms with Crippen molar-refractivity contribution in [1.82, 2.24) is 0 Å². The summed E-state index contributed by atoms with van der Waals surface area (Å²) >= 11 is 0. The monoisotopic (exact) mass is 264 g/mol. The molecule has 0 bridgehead atoms. The van der Waals surface area contributed by atoms with Gasteiger partial charge in [-0.15, -0.1) is 0 Å². The van der Waals surface area contributed by atoms with Gasteiger partial charge in [0.25, 0.3) is 0 Å². The number of hydrogen-bond acceptors (Lipinski definition) is 2. The van der Waals surface area contributed by atoms with E-state index in [0.717, 1.165) is 5.56 Å². The maximum Gasteiger partial charge on any atom is 0.175 e. The first-order valence-electron chi connectivity index (χ1n) is 6.47. The summed E-state index contributed by atoms with van der Waals surface area (Å²) in [6.07, 6.45) is 8.50. The molecule has 0 N–H and O–H groups in total. The van der Waals surface area contributed by atoms with Crippen molar-refractivity contribution >= 4 is 15.9 Å². The molecule has 2 rings (SSSR count). The van der Waals surface area contributed by atoms with Gasteiger partial charge in [0.05, 0.1) is 4.90 Å². The molecule has 1 saturated carbocycles. The van der Waals surface area contributed by atoms with Gasteiger partial charge >= 0.3 is 0 Å². The van der Waals surface area contributed by atoms with Crippen LogP contribution in [-0.4, -0.2) is 14.7 Å². The predicted molar refractivity (Wildman–Crippen MR) is 75.2 cm³/mol. The van der Waals surface area contributed by atoms with Crippen LogP contribution in [-0.2, 0) is 9.84 Å². The predicted octanol–water partition coefficient (Wildman–Crippen LogP) is 3.68. The summed E-state index contributed by atoms with van der Waals surface area (Å²) in [4.78, 5) is 0.390. The molecule has 1 aliphatic rings. The van der Waals surface area contributed by atoms with Gasteiger partial charge in [-0.3, -0.25) is 0 Å². The molecule has 1 fully saturated rings. The molecule has 98 valence electrons. The van der Waals surface area contributed by atoms with Crippen molar-refractivity contribution in [1.29, 1.82) is 0 Å². The first-order chi connectivity index (χ1) is 8.47. The second-order valence-corrected chi connectivity index (χ2v) is 7.22. The fourth-order valence-corrected chi connectivity index (χ4v) is 3.08. The van der Waals surface area contributed by atoms with Crippen LogP contribution < -0.4 is 0 Å². The Kier molecular flexibility index (Phi) is 3.91. The maximum atomic E-state index is 11.4. The molecule has 1 aromatic carbocycles. The van der Waals surface area contributed by atoms with Gasteiger partial charge < -0.3 is 0 Å². The fourth-order valence-electron chi connectivity index (χ4n) is 2.45. The normalized spacial score (nSPS) is 23.2. The summed E-state index contributed by atoms with van der Waals surface area (Å²) in [6, 6.07) is 7.17. The highest BCUT2D eigenvalue weighted by atomic mass is 32.2. The Bertz CT molecular complexity index is 538. The number of allylic oxidation sites excluding steroid dienone is 1. The van der Waals surface area contributed by atoms with E-state index in [-0.39, 0.29) is 0 Å². The minimum Gasteiger partial charge on any atom is -0.224 e. The Morgan fingerprint density at radius 3 is 2.39 bits per heavy atom. The Morgan fingerprint density at radius 2 is 1.83 bits per heavy atom. The van der Waals surface area contributed by atoms with E-state index >= 15 is 0 Å². The molecule has 1 unspecified atom stereocenters. The summed E-state index contributed by atoms with van der Waals surface area (Å²) < 4.78 is 22.7. The number of benzene rings is 1. The Labute approximate surface area is 110 Å². The van der Waals surface area contributed by atoms with E-state index in [1.165, 1.54) is 37.5 Å². The first-order valence-corrected chi connectivity index (χ1v) is 8.36. The molecule has 0 saturated heterocycles. The Balaban J connectivity index is 2.22. The minimum absolute atomic E-state index is 0.390. The Hall–Kier alpha value is -1.09. The molecule has 18 heavy (non-hydrogen) atoms. The lowest BCUT2D eigenvalue weighted by molar-refractivity contribution is 0.487. The lowest BCUT2D eigenvalue weighted by atomic mass is 9.84. The molecule has 0 amide bonds. The molecule has 0 aliphatic heterocycles. The highest BCUT2D eigenvalue weighted by molar-refractivity contribution is 7.90. The highest BCUT2D eigenvalue weighted by Crippen LogP contribution is 2.30. The van der Waals surface area contributed by atoms with Gasteiger partial charge in [0.1, 0.15) is 0 Å². The van der Waals surface area contributed by atoms with Gasteiger partial charge in [-0.1, -0.05) is 37.1 Å². The summed E-state index contributed by atoms with van der Waals surface area (Å²) in [5, 5.41) is 0. The summed E-state index contributed by atoms with van der Waals surface area (Å²) in [5.74, 6) is 0.660. The van der Waals surface area contributed by atoms with Crippen LogP contribution in [0.2, 0.25) is 0 Å². The lowest BCUT2D eigenvalue weighted by Gasteiger charge is -2.21. The van der Waals surface area contributed by atoms with E-state index in [1.807, 2.05) is 12.1 Å². The van der Waals surface area contributed by atoms with Crippen LogP contribution in [0.25, 0.3) is 6.08 Å². The number of hydrogen-bond donors (Lipinski definition) is 0. The Morgan fingerprint density at radius 1 is 1.17 bits per heavy atom. The van der Waals surface area contributed by atoms with Crippen molar-refractivity contribution < 1.29 is 8.42 Å². The van der Waals surface area contributed by atoms with E-state index in [2.05, 4.69) is 13.0 Å². The van der Waals surface area contributed by atoms with Crippen molar-refractivity contribution in [3.8, 4) is 0 Å². The molecule has 0 radical (unpaired) electrons. The first kappa shape index (κ1) is 13.3. The second-order valence-electron chi connectivity index (χ2n) is 5.21. The van der Waals surface area contributed by atoms with Crippen molar-refractivity contribution in [3.05, 3.63) is 35.4 Å². The average molecular weight is 264 g/mol. The molecule has 0 spiro atoms. The van der Waals surface area contributed by atoms with Crippen LogP contribution in [0, 0.1) is 5.92 Å². The summed E-state index contributed by atoms with van der Waals surface area (Å²) in [7, 11) is -3.08. The van der Waals surface area contributed by atoms with Crippen LogP contribution in [0.1, 0.15) is 38.2 Å².